The lowest BCUT2D eigenvalue weighted by atomic mass is 10.0. The average Bonchev–Trinajstić information content (AvgIpc) is 2.39. The Balaban J connectivity index is 2.43. The lowest BCUT2D eigenvalue weighted by molar-refractivity contribution is 0.103. The zero-order valence-corrected chi connectivity index (χ0v) is 11.0. The van der Waals surface area contributed by atoms with Crippen molar-refractivity contribution in [3.05, 3.63) is 65.2 Å². The third-order valence-corrected chi connectivity index (χ3v) is 2.94. The first-order valence-electron chi connectivity index (χ1n) is 5.97. The van der Waals surface area contributed by atoms with Crippen LogP contribution >= 0.6 is 0 Å². The Labute approximate surface area is 108 Å². The molecule has 92 valence electrons. The summed E-state index contributed by atoms with van der Waals surface area (Å²) in [5.41, 5.74) is 3.58. The molecule has 0 amide bonds. The first-order valence-corrected chi connectivity index (χ1v) is 5.97. The number of hydrogen-bond donors (Lipinski definition) is 0. The van der Waals surface area contributed by atoms with Gasteiger partial charge in [-0.15, -0.1) is 0 Å². The lowest BCUT2D eigenvalue weighted by Gasteiger charge is -2.16. The minimum absolute atomic E-state index is 0.0688. The maximum absolute atomic E-state index is 12.5. The summed E-state index contributed by atoms with van der Waals surface area (Å²) in [5, 5.41) is 0. The maximum Gasteiger partial charge on any atom is 0.195 e. The lowest BCUT2D eigenvalue weighted by Crippen LogP contribution is -2.14. The van der Waals surface area contributed by atoms with Gasteiger partial charge in [-0.1, -0.05) is 42.0 Å². The summed E-state index contributed by atoms with van der Waals surface area (Å²) in [7, 11) is 3.89. The van der Waals surface area contributed by atoms with E-state index in [2.05, 4.69) is 0 Å². The molecule has 0 aliphatic heterocycles. The summed E-state index contributed by atoms with van der Waals surface area (Å²) in [6.07, 6.45) is 0. The smallest absolute Gasteiger partial charge is 0.195 e. The molecular formula is C16H17NO. The van der Waals surface area contributed by atoms with E-state index in [0.717, 1.165) is 22.4 Å². The molecule has 0 unspecified atom stereocenters. The van der Waals surface area contributed by atoms with Crippen molar-refractivity contribution in [2.24, 2.45) is 0 Å². The predicted molar refractivity (Wildman–Crippen MR) is 75.4 cm³/mol. The van der Waals surface area contributed by atoms with Gasteiger partial charge < -0.3 is 4.90 Å². The molecular weight excluding hydrogens is 222 g/mol. The van der Waals surface area contributed by atoms with Crippen molar-refractivity contribution in [1.29, 1.82) is 0 Å². The van der Waals surface area contributed by atoms with Gasteiger partial charge in [0, 0.05) is 30.9 Å². The molecule has 0 radical (unpaired) electrons. The normalized spacial score (nSPS) is 10.2. The first-order chi connectivity index (χ1) is 8.59. The number of aryl methyl sites for hydroxylation is 1. The molecule has 0 heterocycles. The van der Waals surface area contributed by atoms with Crippen LogP contribution in [0.1, 0.15) is 21.5 Å². The number of hydrogen-bond acceptors (Lipinski definition) is 2. The van der Waals surface area contributed by atoms with E-state index < -0.39 is 0 Å². The van der Waals surface area contributed by atoms with E-state index >= 15 is 0 Å². The molecule has 18 heavy (non-hydrogen) atoms. The quantitative estimate of drug-likeness (QED) is 0.766. The van der Waals surface area contributed by atoms with Crippen LogP contribution in [0.3, 0.4) is 0 Å². The van der Waals surface area contributed by atoms with Crippen LogP contribution in [0.15, 0.2) is 48.5 Å². The van der Waals surface area contributed by atoms with Crippen LogP contribution in [-0.2, 0) is 0 Å². The fraction of sp³-hybridized carbons (Fsp3) is 0.188. The van der Waals surface area contributed by atoms with E-state index in [4.69, 9.17) is 0 Å². The molecule has 0 atom stereocenters. The molecule has 0 saturated heterocycles. The van der Waals surface area contributed by atoms with Gasteiger partial charge in [0.1, 0.15) is 0 Å². The molecule has 0 aromatic heterocycles. The van der Waals surface area contributed by atoms with Crippen molar-refractivity contribution in [3.63, 3.8) is 0 Å². The van der Waals surface area contributed by atoms with E-state index in [-0.39, 0.29) is 5.78 Å². The molecule has 0 bridgehead atoms. The maximum atomic E-state index is 12.5. The van der Waals surface area contributed by atoms with E-state index in [0.29, 0.717) is 0 Å². The van der Waals surface area contributed by atoms with Crippen molar-refractivity contribution in [2.75, 3.05) is 19.0 Å². The van der Waals surface area contributed by atoms with Gasteiger partial charge in [0.15, 0.2) is 5.78 Å². The summed E-state index contributed by atoms with van der Waals surface area (Å²) in [5.74, 6) is 0.0688. The van der Waals surface area contributed by atoms with Crippen LogP contribution in [0.5, 0.6) is 0 Å². The second kappa shape index (κ2) is 5.05. The van der Waals surface area contributed by atoms with Gasteiger partial charge >= 0.3 is 0 Å². The number of para-hydroxylation sites is 1. The summed E-state index contributed by atoms with van der Waals surface area (Å²) in [6.45, 7) is 2.02. The summed E-state index contributed by atoms with van der Waals surface area (Å²) in [6, 6.07) is 15.4. The largest absolute Gasteiger partial charge is 0.377 e. The second-order valence-electron chi connectivity index (χ2n) is 4.61. The molecule has 2 nitrogen and oxygen atoms in total. The molecule has 2 aromatic carbocycles. The highest BCUT2D eigenvalue weighted by Crippen LogP contribution is 2.21. The topological polar surface area (TPSA) is 20.3 Å². The van der Waals surface area contributed by atoms with Gasteiger partial charge in [-0.3, -0.25) is 4.79 Å². The van der Waals surface area contributed by atoms with Crippen LogP contribution in [-0.4, -0.2) is 19.9 Å². The molecule has 0 spiro atoms. The summed E-state index contributed by atoms with van der Waals surface area (Å²) < 4.78 is 0. The highest BCUT2D eigenvalue weighted by Gasteiger charge is 2.13. The van der Waals surface area contributed by atoms with Gasteiger partial charge in [0.05, 0.1) is 0 Å². The van der Waals surface area contributed by atoms with Crippen LogP contribution in [0.4, 0.5) is 5.69 Å². The van der Waals surface area contributed by atoms with Crippen molar-refractivity contribution >= 4 is 11.5 Å². The Hall–Kier alpha value is -2.09. The second-order valence-corrected chi connectivity index (χ2v) is 4.61. The number of ketones is 1. The van der Waals surface area contributed by atoms with Crippen molar-refractivity contribution < 1.29 is 4.79 Å². The Morgan fingerprint density at radius 1 is 0.944 bits per heavy atom. The Kier molecular flexibility index (Phi) is 3.47. The molecule has 0 aliphatic carbocycles. The molecule has 2 aromatic rings. The average molecular weight is 239 g/mol. The molecule has 2 heteroatoms. The third kappa shape index (κ3) is 2.43. The van der Waals surface area contributed by atoms with E-state index in [1.807, 2.05) is 74.4 Å². The van der Waals surface area contributed by atoms with Gasteiger partial charge in [-0.05, 0) is 19.1 Å². The minimum Gasteiger partial charge on any atom is -0.377 e. The fourth-order valence-electron chi connectivity index (χ4n) is 1.92. The first kappa shape index (κ1) is 12.4. The van der Waals surface area contributed by atoms with Crippen LogP contribution in [0.25, 0.3) is 0 Å². The Morgan fingerprint density at radius 3 is 2.17 bits per heavy atom. The van der Waals surface area contributed by atoms with E-state index in [1.165, 1.54) is 0 Å². The summed E-state index contributed by atoms with van der Waals surface area (Å²) >= 11 is 0. The molecule has 0 N–H and O–H groups in total. The zero-order chi connectivity index (χ0) is 13.1. The number of carbonyl (C=O) groups is 1. The minimum atomic E-state index is 0.0688. The molecule has 0 saturated carbocycles. The predicted octanol–water partition coefficient (Wildman–Crippen LogP) is 3.29. The Bertz CT molecular complexity index is 556. The van der Waals surface area contributed by atoms with Gasteiger partial charge in [0.2, 0.25) is 0 Å². The molecule has 0 fully saturated rings. The number of anilines is 1. The van der Waals surface area contributed by atoms with Gasteiger partial charge in [0.25, 0.3) is 0 Å². The number of benzene rings is 2. The fourth-order valence-corrected chi connectivity index (χ4v) is 1.92. The number of carbonyl (C=O) groups excluding carboxylic acids is 1. The SMILES string of the molecule is Cc1ccc(C(=O)c2ccccc2N(C)C)cc1. The van der Waals surface area contributed by atoms with Gasteiger partial charge in [-0.25, -0.2) is 0 Å². The van der Waals surface area contributed by atoms with E-state index in [9.17, 15) is 4.79 Å². The molecule has 0 aliphatic rings. The third-order valence-electron chi connectivity index (χ3n) is 2.94. The highest BCUT2D eigenvalue weighted by molar-refractivity contribution is 6.12. The molecule has 2 rings (SSSR count). The zero-order valence-electron chi connectivity index (χ0n) is 11.0. The monoisotopic (exact) mass is 239 g/mol. The number of nitrogens with zero attached hydrogens (tertiary/aromatic N) is 1. The Morgan fingerprint density at radius 2 is 1.56 bits per heavy atom. The van der Waals surface area contributed by atoms with Crippen molar-refractivity contribution in [1.82, 2.24) is 0 Å². The van der Waals surface area contributed by atoms with Crippen LogP contribution in [0.2, 0.25) is 0 Å². The van der Waals surface area contributed by atoms with E-state index in [1.54, 1.807) is 0 Å². The van der Waals surface area contributed by atoms with Crippen molar-refractivity contribution in [3.8, 4) is 0 Å². The van der Waals surface area contributed by atoms with Crippen LogP contribution in [0, 0.1) is 6.92 Å². The standard InChI is InChI=1S/C16H17NO/c1-12-8-10-13(11-9-12)16(18)14-6-4-5-7-15(14)17(2)3/h4-11H,1-3H3. The number of rotatable bonds is 3. The van der Waals surface area contributed by atoms with Gasteiger partial charge in [-0.2, -0.15) is 0 Å². The van der Waals surface area contributed by atoms with Crippen molar-refractivity contribution in [2.45, 2.75) is 6.92 Å². The van der Waals surface area contributed by atoms with Crippen LogP contribution < -0.4 is 4.90 Å². The summed E-state index contributed by atoms with van der Waals surface area (Å²) in [4.78, 5) is 14.4. The highest BCUT2D eigenvalue weighted by atomic mass is 16.1.